The number of aryl methyl sites for hydroxylation is 1. The molecule has 1 N–H and O–H groups in total. The summed E-state index contributed by atoms with van der Waals surface area (Å²) in [6.07, 6.45) is 3.62. The van der Waals surface area contributed by atoms with Gasteiger partial charge >= 0.3 is 0 Å². The lowest BCUT2D eigenvalue weighted by molar-refractivity contribution is -0.131. The maximum atomic E-state index is 13.6. The van der Waals surface area contributed by atoms with Gasteiger partial charge in [0.05, 0.1) is 6.42 Å². The van der Waals surface area contributed by atoms with Gasteiger partial charge in [-0.25, -0.2) is 4.39 Å². The molecule has 1 saturated carbocycles. The molecule has 2 aromatic rings. The molecule has 0 spiro atoms. The van der Waals surface area contributed by atoms with E-state index in [1.165, 1.54) is 12.1 Å². The lowest BCUT2D eigenvalue weighted by Crippen LogP contribution is -2.35. The van der Waals surface area contributed by atoms with Crippen molar-refractivity contribution in [2.45, 2.75) is 52.5 Å². The van der Waals surface area contributed by atoms with Gasteiger partial charge in [-0.2, -0.15) is 0 Å². The van der Waals surface area contributed by atoms with Crippen molar-refractivity contribution >= 4 is 16.8 Å². The highest BCUT2D eigenvalue weighted by molar-refractivity contribution is 5.90. The van der Waals surface area contributed by atoms with Crippen molar-refractivity contribution in [3.63, 3.8) is 0 Å². The van der Waals surface area contributed by atoms with E-state index in [-0.39, 0.29) is 11.7 Å². The minimum Gasteiger partial charge on any atom is -0.358 e. The molecule has 23 heavy (non-hydrogen) atoms. The number of hydrogen-bond donors (Lipinski definition) is 1. The largest absolute Gasteiger partial charge is 0.358 e. The van der Waals surface area contributed by atoms with Crippen LogP contribution in [0.3, 0.4) is 0 Å². The van der Waals surface area contributed by atoms with Crippen molar-refractivity contribution in [2.24, 2.45) is 5.92 Å². The van der Waals surface area contributed by atoms with Gasteiger partial charge in [-0.15, -0.1) is 0 Å². The summed E-state index contributed by atoms with van der Waals surface area (Å²) in [5, 5.41) is 0.829. The fourth-order valence-corrected chi connectivity index (χ4v) is 3.13. The Bertz CT molecular complexity index is 715. The zero-order chi connectivity index (χ0) is 16.6. The Balaban J connectivity index is 1.81. The van der Waals surface area contributed by atoms with Crippen molar-refractivity contribution < 1.29 is 9.18 Å². The van der Waals surface area contributed by atoms with Crippen LogP contribution in [0.1, 0.15) is 44.4 Å². The molecular weight excluding hydrogens is 291 g/mol. The Morgan fingerprint density at radius 3 is 2.78 bits per heavy atom. The molecule has 0 radical (unpaired) electrons. The van der Waals surface area contributed by atoms with Crippen LogP contribution in [0.5, 0.6) is 0 Å². The molecule has 4 heteroatoms. The zero-order valence-corrected chi connectivity index (χ0v) is 14.2. The van der Waals surface area contributed by atoms with Crippen molar-refractivity contribution in [2.75, 3.05) is 6.54 Å². The molecule has 1 heterocycles. The van der Waals surface area contributed by atoms with Crippen LogP contribution in [0.4, 0.5) is 4.39 Å². The molecule has 0 unspecified atom stereocenters. The second kappa shape index (κ2) is 6.34. The first-order chi connectivity index (χ1) is 11.0. The fraction of sp³-hybridized carbons (Fsp3) is 0.526. The van der Waals surface area contributed by atoms with Crippen LogP contribution in [0.25, 0.3) is 10.9 Å². The van der Waals surface area contributed by atoms with Gasteiger partial charge in [0.15, 0.2) is 0 Å². The van der Waals surface area contributed by atoms with E-state index in [4.69, 9.17) is 0 Å². The molecular formula is C19H25FN2O. The number of aromatic amines is 1. The standard InChI is InChI=1S/C19H25FN2O/c1-12(2)8-9-22(15-5-6-15)19(23)11-16-13(3)21-18-7-4-14(20)10-17(16)18/h4,7,10,12,15,21H,5-6,8-9,11H2,1-3H3. The van der Waals surface area contributed by atoms with Crippen molar-refractivity contribution in [1.29, 1.82) is 0 Å². The van der Waals surface area contributed by atoms with Crippen molar-refractivity contribution in [3.05, 3.63) is 35.3 Å². The lowest BCUT2D eigenvalue weighted by Gasteiger charge is -2.23. The van der Waals surface area contributed by atoms with Gasteiger partial charge in [-0.05, 0) is 55.9 Å². The second-order valence-electron chi connectivity index (χ2n) is 7.10. The van der Waals surface area contributed by atoms with Crippen LogP contribution in [-0.4, -0.2) is 28.4 Å². The van der Waals surface area contributed by atoms with Crippen LogP contribution in [-0.2, 0) is 11.2 Å². The Kier molecular flexibility index (Phi) is 4.42. The third kappa shape index (κ3) is 3.57. The summed E-state index contributed by atoms with van der Waals surface area (Å²) in [7, 11) is 0. The van der Waals surface area contributed by atoms with Crippen LogP contribution < -0.4 is 0 Å². The maximum Gasteiger partial charge on any atom is 0.227 e. The molecule has 0 atom stereocenters. The quantitative estimate of drug-likeness (QED) is 0.852. The number of carbonyl (C=O) groups is 1. The molecule has 0 saturated heterocycles. The Labute approximate surface area is 136 Å². The third-order valence-corrected chi connectivity index (χ3v) is 4.66. The summed E-state index contributed by atoms with van der Waals surface area (Å²) in [4.78, 5) is 18.1. The number of aromatic nitrogens is 1. The summed E-state index contributed by atoms with van der Waals surface area (Å²) in [5.41, 5.74) is 2.78. The SMILES string of the molecule is Cc1[nH]c2ccc(F)cc2c1CC(=O)N(CCC(C)C)C1CC1. The van der Waals surface area contributed by atoms with Gasteiger partial charge < -0.3 is 9.88 Å². The second-order valence-corrected chi connectivity index (χ2v) is 7.10. The van der Waals surface area contributed by atoms with Crippen LogP contribution in [0.2, 0.25) is 0 Å². The van der Waals surface area contributed by atoms with Crippen molar-refractivity contribution in [1.82, 2.24) is 9.88 Å². The average Bonchev–Trinajstić information content (AvgIpc) is 3.26. The molecule has 1 fully saturated rings. The van der Waals surface area contributed by atoms with Crippen LogP contribution >= 0.6 is 0 Å². The molecule has 3 rings (SSSR count). The van der Waals surface area contributed by atoms with E-state index in [9.17, 15) is 9.18 Å². The van der Waals surface area contributed by atoms with E-state index in [2.05, 4.69) is 18.8 Å². The summed E-state index contributed by atoms with van der Waals surface area (Å²) < 4.78 is 13.6. The summed E-state index contributed by atoms with van der Waals surface area (Å²) in [6.45, 7) is 7.15. The molecule has 1 aromatic heterocycles. The van der Waals surface area contributed by atoms with Crippen LogP contribution in [0.15, 0.2) is 18.2 Å². The smallest absolute Gasteiger partial charge is 0.227 e. The van der Waals surface area contributed by atoms with E-state index < -0.39 is 0 Å². The predicted molar refractivity (Wildman–Crippen MR) is 90.9 cm³/mol. The van der Waals surface area contributed by atoms with Gasteiger partial charge in [0, 0.05) is 29.2 Å². The highest BCUT2D eigenvalue weighted by Crippen LogP contribution is 2.30. The van der Waals surface area contributed by atoms with E-state index in [1.807, 2.05) is 11.8 Å². The number of nitrogens with zero attached hydrogens (tertiary/aromatic N) is 1. The van der Waals surface area contributed by atoms with E-state index >= 15 is 0 Å². The third-order valence-electron chi connectivity index (χ3n) is 4.66. The van der Waals surface area contributed by atoms with E-state index in [0.29, 0.717) is 18.4 Å². The van der Waals surface area contributed by atoms with Crippen LogP contribution in [0, 0.1) is 18.7 Å². The first-order valence-corrected chi connectivity index (χ1v) is 8.52. The van der Waals surface area contributed by atoms with Gasteiger partial charge in [0.2, 0.25) is 5.91 Å². The average molecular weight is 316 g/mol. The molecule has 1 aliphatic rings. The number of hydrogen-bond acceptors (Lipinski definition) is 1. The highest BCUT2D eigenvalue weighted by Gasteiger charge is 2.32. The molecule has 0 aliphatic heterocycles. The molecule has 1 aromatic carbocycles. The predicted octanol–water partition coefficient (Wildman–Crippen LogP) is 4.20. The number of H-pyrrole nitrogens is 1. The highest BCUT2D eigenvalue weighted by atomic mass is 19.1. The zero-order valence-electron chi connectivity index (χ0n) is 14.2. The maximum absolute atomic E-state index is 13.6. The number of amides is 1. The van der Waals surface area contributed by atoms with E-state index in [0.717, 1.165) is 48.0 Å². The first-order valence-electron chi connectivity index (χ1n) is 8.52. The fourth-order valence-electron chi connectivity index (χ4n) is 3.13. The number of fused-ring (bicyclic) bond motifs is 1. The molecule has 3 nitrogen and oxygen atoms in total. The van der Waals surface area contributed by atoms with Gasteiger partial charge in [0.1, 0.15) is 5.82 Å². The van der Waals surface area contributed by atoms with Gasteiger partial charge in [0.25, 0.3) is 0 Å². The number of carbonyl (C=O) groups excluding carboxylic acids is 1. The number of rotatable bonds is 6. The topological polar surface area (TPSA) is 36.1 Å². The number of nitrogens with one attached hydrogen (secondary N) is 1. The van der Waals surface area contributed by atoms with Gasteiger partial charge in [-0.1, -0.05) is 13.8 Å². The first kappa shape index (κ1) is 16.0. The molecule has 124 valence electrons. The minimum atomic E-state index is -0.260. The summed E-state index contributed by atoms with van der Waals surface area (Å²) in [6, 6.07) is 5.13. The lowest BCUT2D eigenvalue weighted by atomic mass is 10.1. The Morgan fingerprint density at radius 1 is 1.39 bits per heavy atom. The normalized spacial score (nSPS) is 14.7. The Hall–Kier alpha value is -1.84. The molecule has 1 aliphatic carbocycles. The number of halogens is 1. The van der Waals surface area contributed by atoms with E-state index in [1.54, 1.807) is 6.07 Å². The van der Waals surface area contributed by atoms with Crippen molar-refractivity contribution in [3.8, 4) is 0 Å². The number of benzene rings is 1. The Morgan fingerprint density at radius 2 is 2.13 bits per heavy atom. The van der Waals surface area contributed by atoms with Gasteiger partial charge in [-0.3, -0.25) is 4.79 Å². The molecule has 1 amide bonds. The summed E-state index contributed by atoms with van der Waals surface area (Å²) in [5.74, 6) is 0.499. The monoisotopic (exact) mass is 316 g/mol. The summed E-state index contributed by atoms with van der Waals surface area (Å²) >= 11 is 0. The molecule has 0 bridgehead atoms. The minimum absolute atomic E-state index is 0.168.